The van der Waals surface area contributed by atoms with Gasteiger partial charge in [0.25, 0.3) is 0 Å². The van der Waals surface area contributed by atoms with E-state index in [-0.39, 0.29) is 24.8 Å². The summed E-state index contributed by atoms with van der Waals surface area (Å²) in [6, 6.07) is 17.4. The lowest BCUT2D eigenvalue weighted by atomic mass is 9.85. The molecule has 12 heteroatoms. The van der Waals surface area contributed by atoms with Gasteiger partial charge in [-0.25, -0.2) is 9.59 Å². The second kappa shape index (κ2) is 13.8. The van der Waals surface area contributed by atoms with Crippen LogP contribution in [0.2, 0.25) is 10.0 Å². The summed E-state index contributed by atoms with van der Waals surface area (Å²) in [7, 11) is 2.17. The first-order valence-electron chi connectivity index (χ1n) is 16.9. The standard InChI is InChI=1S/C36H42Cl2N6O4/c1-40-17-19-41(20-18-40)27-10-14-42(15-11-27)36(13-21-45)23-28(12-16-43(36)35(47)48-24-25-6-8-30(37)31(38)22-25)44-32-9-7-26-4-2-3-5-29(26)33(32)39-34(44)46/h2-9,21-22,27-28H,10-20,23-24H2,1H3,(H,39,46)/t28-,36+/m1/s1. The normalized spacial score (nSPS) is 23.6. The van der Waals surface area contributed by atoms with E-state index in [1.54, 1.807) is 23.1 Å². The summed E-state index contributed by atoms with van der Waals surface area (Å²) in [6.45, 7) is 6.05. The van der Waals surface area contributed by atoms with Gasteiger partial charge in [0.1, 0.15) is 18.6 Å². The summed E-state index contributed by atoms with van der Waals surface area (Å²) in [5.74, 6) is 0. The van der Waals surface area contributed by atoms with Crippen LogP contribution >= 0.6 is 23.2 Å². The molecule has 1 aromatic heterocycles. The number of aromatic nitrogens is 2. The number of hydrogen-bond donors (Lipinski definition) is 1. The van der Waals surface area contributed by atoms with E-state index in [2.05, 4.69) is 26.7 Å². The van der Waals surface area contributed by atoms with E-state index < -0.39 is 11.8 Å². The number of carbonyl (C=O) groups excluding carboxylic acids is 2. The molecule has 10 nitrogen and oxygen atoms in total. The summed E-state index contributed by atoms with van der Waals surface area (Å²) in [4.78, 5) is 52.4. The van der Waals surface area contributed by atoms with Gasteiger partial charge in [0.05, 0.1) is 21.1 Å². The summed E-state index contributed by atoms with van der Waals surface area (Å²) in [5, 5.41) is 2.86. The fraction of sp³-hybridized carbons (Fsp3) is 0.472. The number of amides is 1. The number of benzene rings is 3. The Kier molecular flexibility index (Phi) is 9.54. The number of rotatable bonds is 7. The Labute approximate surface area is 290 Å². The molecule has 3 aliphatic rings. The zero-order valence-corrected chi connectivity index (χ0v) is 28.8. The van der Waals surface area contributed by atoms with Crippen molar-refractivity contribution < 1.29 is 14.3 Å². The minimum Gasteiger partial charge on any atom is -0.444 e. The second-order valence-corrected chi connectivity index (χ2v) is 14.3. The van der Waals surface area contributed by atoms with Crippen LogP contribution in [0, 0.1) is 0 Å². The van der Waals surface area contributed by atoms with Crippen LogP contribution in [0.1, 0.15) is 43.7 Å². The number of piperazine rings is 1. The third-order valence-corrected chi connectivity index (χ3v) is 11.6. The van der Waals surface area contributed by atoms with E-state index in [4.69, 9.17) is 27.9 Å². The number of nitrogens with zero attached hydrogens (tertiary/aromatic N) is 5. The number of ether oxygens (including phenoxy) is 1. The SMILES string of the molecule is CN1CCN(C2CCN([C@]3(CC=O)C[C@H](n4c(=O)[nH]c5c6ccccc6ccc54)CCN3C(=O)OCc3ccc(Cl)c(Cl)c3)CC2)CC1. The van der Waals surface area contributed by atoms with Gasteiger partial charge in [-0.2, -0.15) is 0 Å². The molecule has 3 aliphatic heterocycles. The molecule has 0 saturated carbocycles. The summed E-state index contributed by atoms with van der Waals surface area (Å²) < 4.78 is 7.75. The molecule has 48 heavy (non-hydrogen) atoms. The van der Waals surface area contributed by atoms with Gasteiger partial charge < -0.3 is 19.4 Å². The van der Waals surface area contributed by atoms with Crippen LogP contribution in [0.3, 0.4) is 0 Å². The Morgan fingerprint density at radius 3 is 2.44 bits per heavy atom. The van der Waals surface area contributed by atoms with Gasteiger partial charge in [0.2, 0.25) is 0 Å². The van der Waals surface area contributed by atoms with E-state index in [1.165, 1.54) is 0 Å². The van der Waals surface area contributed by atoms with E-state index in [9.17, 15) is 14.4 Å². The lowest BCUT2D eigenvalue weighted by Gasteiger charge is -2.56. The van der Waals surface area contributed by atoms with Gasteiger partial charge in [-0.05, 0) is 55.5 Å². The Balaban J connectivity index is 1.20. The molecule has 254 valence electrons. The van der Waals surface area contributed by atoms with Gasteiger partial charge in [-0.1, -0.05) is 59.6 Å². The zero-order valence-electron chi connectivity index (χ0n) is 27.2. The largest absolute Gasteiger partial charge is 0.444 e. The van der Waals surface area contributed by atoms with E-state index in [0.29, 0.717) is 35.5 Å². The van der Waals surface area contributed by atoms with Crippen molar-refractivity contribution in [1.29, 1.82) is 0 Å². The summed E-state index contributed by atoms with van der Waals surface area (Å²) >= 11 is 12.3. The third kappa shape index (κ3) is 6.25. The first kappa shape index (κ1) is 33.1. The van der Waals surface area contributed by atoms with Crippen LogP contribution in [-0.2, 0) is 16.1 Å². The van der Waals surface area contributed by atoms with Crippen LogP contribution in [0.25, 0.3) is 21.8 Å². The number of likely N-dealkylation sites (N-methyl/N-ethyl adjacent to an activating group) is 1. The Morgan fingerprint density at radius 2 is 1.69 bits per heavy atom. The van der Waals surface area contributed by atoms with Gasteiger partial charge in [0.15, 0.2) is 0 Å². The molecule has 0 bridgehead atoms. The second-order valence-electron chi connectivity index (χ2n) is 13.5. The van der Waals surface area contributed by atoms with Crippen molar-refractivity contribution in [2.75, 3.05) is 52.9 Å². The topological polar surface area (TPSA) is 94.1 Å². The lowest BCUT2D eigenvalue weighted by Crippen LogP contribution is -2.68. The minimum absolute atomic E-state index is 0.0211. The molecule has 7 rings (SSSR count). The predicted octanol–water partition coefficient (Wildman–Crippen LogP) is 5.76. The number of piperidine rings is 2. The summed E-state index contributed by atoms with van der Waals surface area (Å²) in [6.07, 6.45) is 3.40. The van der Waals surface area contributed by atoms with Crippen molar-refractivity contribution >= 4 is 57.4 Å². The Morgan fingerprint density at radius 1 is 0.938 bits per heavy atom. The highest BCUT2D eigenvalue weighted by molar-refractivity contribution is 6.42. The molecule has 1 amide bonds. The maximum atomic E-state index is 14.0. The highest BCUT2D eigenvalue weighted by Gasteiger charge is 2.51. The number of aromatic amines is 1. The molecule has 3 aromatic carbocycles. The highest BCUT2D eigenvalue weighted by Crippen LogP contribution is 2.42. The number of aldehydes is 1. The van der Waals surface area contributed by atoms with Crippen molar-refractivity contribution in [3.63, 3.8) is 0 Å². The first-order chi connectivity index (χ1) is 23.3. The number of carbonyl (C=O) groups is 2. The monoisotopic (exact) mass is 692 g/mol. The Hall–Kier alpha value is -3.41. The van der Waals surface area contributed by atoms with Crippen LogP contribution in [0.5, 0.6) is 0 Å². The maximum Gasteiger partial charge on any atom is 0.411 e. The van der Waals surface area contributed by atoms with Crippen LogP contribution in [-0.4, -0.2) is 106 Å². The molecular formula is C36H42Cl2N6O4. The maximum absolute atomic E-state index is 14.0. The van der Waals surface area contributed by atoms with Gasteiger partial charge in [-0.15, -0.1) is 0 Å². The number of fused-ring (bicyclic) bond motifs is 3. The third-order valence-electron chi connectivity index (χ3n) is 10.8. The van der Waals surface area contributed by atoms with Crippen LogP contribution in [0.15, 0.2) is 59.4 Å². The van der Waals surface area contributed by atoms with Crippen LogP contribution < -0.4 is 5.69 Å². The molecule has 0 unspecified atom stereocenters. The molecule has 3 saturated heterocycles. The number of hydrogen-bond acceptors (Lipinski definition) is 7. The van der Waals surface area contributed by atoms with Gasteiger partial charge >= 0.3 is 11.8 Å². The number of H-pyrrole nitrogens is 1. The highest BCUT2D eigenvalue weighted by atomic mass is 35.5. The van der Waals surface area contributed by atoms with Crippen molar-refractivity contribution in [3.8, 4) is 0 Å². The zero-order chi connectivity index (χ0) is 33.4. The first-order valence-corrected chi connectivity index (χ1v) is 17.6. The van der Waals surface area contributed by atoms with Gasteiger partial charge in [0, 0.05) is 76.1 Å². The van der Waals surface area contributed by atoms with Crippen molar-refractivity contribution in [2.24, 2.45) is 0 Å². The molecular weight excluding hydrogens is 651 g/mol. The molecule has 2 atom stereocenters. The average molecular weight is 694 g/mol. The van der Waals surface area contributed by atoms with E-state index in [0.717, 1.165) is 85.8 Å². The quantitative estimate of drug-likeness (QED) is 0.246. The molecule has 0 spiro atoms. The average Bonchev–Trinajstić information content (AvgIpc) is 3.45. The molecule has 0 radical (unpaired) electrons. The number of imidazole rings is 1. The smallest absolute Gasteiger partial charge is 0.411 e. The molecule has 0 aliphatic carbocycles. The summed E-state index contributed by atoms with van der Waals surface area (Å²) in [5.41, 5.74) is 1.21. The fourth-order valence-electron chi connectivity index (χ4n) is 8.23. The van der Waals surface area contributed by atoms with Crippen LogP contribution in [0.4, 0.5) is 4.79 Å². The van der Waals surface area contributed by atoms with E-state index in [1.807, 2.05) is 41.0 Å². The number of nitrogens with one attached hydrogen (secondary N) is 1. The van der Waals surface area contributed by atoms with Crippen molar-refractivity contribution in [3.05, 3.63) is 80.7 Å². The Bertz CT molecular complexity index is 1860. The number of likely N-dealkylation sites (tertiary alicyclic amines) is 2. The number of halogens is 2. The van der Waals surface area contributed by atoms with Crippen molar-refractivity contribution in [1.82, 2.24) is 29.2 Å². The van der Waals surface area contributed by atoms with Crippen molar-refractivity contribution in [2.45, 2.75) is 56.5 Å². The molecule has 3 fully saturated rings. The van der Waals surface area contributed by atoms with Gasteiger partial charge in [-0.3, -0.25) is 19.3 Å². The van der Waals surface area contributed by atoms with E-state index >= 15 is 0 Å². The molecule has 1 N–H and O–H groups in total. The minimum atomic E-state index is -0.952. The molecule has 4 aromatic rings. The predicted molar refractivity (Wildman–Crippen MR) is 189 cm³/mol. The lowest BCUT2D eigenvalue weighted by molar-refractivity contribution is -0.127. The fourth-order valence-corrected chi connectivity index (χ4v) is 8.55. The molecule has 4 heterocycles.